The van der Waals surface area contributed by atoms with Crippen molar-refractivity contribution in [3.05, 3.63) is 36.0 Å². The summed E-state index contributed by atoms with van der Waals surface area (Å²) in [4.78, 5) is 15.1. The second-order valence-corrected chi connectivity index (χ2v) is 5.66. The van der Waals surface area contributed by atoms with Gasteiger partial charge in [0.05, 0.1) is 0 Å². The predicted molar refractivity (Wildman–Crippen MR) is 80.3 cm³/mol. The maximum atomic E-state index is 11.8. The number of rotatable bonds is 6. The number of nitrogens with one attached hydrogen (secondary N) is 2. The topological polar surface area (TPSA) is 70.9 Å². The Morgan fingerprint density at radius 2 is 2.20 bits per heavy atom. The normalized spacial score (nSPS) is 16.2. The zero-order valence-electron chi connectivity index (χ0n) is 11.6. The predicted octanol–water partition coefficient (Wildman–Crippen LogP) is 1.95. The molecule has 4 N–H and O–H groups in total. The summed E-state index contributed by atoms with van der Waals surface area (Å²) in [5.41, 5.74) is 8.29. The van der Waals surface area contributed by atoms with E-state index in [0.717, 1.165) is 11.9 Å². The number of hydrogen-bond donors (Lipinski definition) is 3. The van der Waals surface area contributed by atoms with Gasteiger partial charge in [0.25, 0.3) is 0 Å². The summed E-state index contributed by atoms with van der Waals surface area (Å²) in [7, 11) is 0. The second kappa shape index (κ2) is 5.67. The van der Waals surface area contributed by atoms with Crippen LogP contribution in [0.15, 0.2) is 30.5 Å². The third-order valence-electron chi connectivity index (χ3n) is 4.06. The highest BCUT2D eigenvalue weighted by atomic mass is 16.1. The van der Waals surface area contributed by atoms with Gasteiger partial charge >= 0.3 is 0 Å². The van der Waals surface area contributed by atoms with Crippen LogP contribution in [-0.2, 0) is 11.2 Å². The Balaban J connectivity index is 1.49. The first kappa shape index (κ1) is 13.2. The molecule has 2 aromatic rings. The van der Waals surface area contributed by atoms with Crippen molar-refractivity contribution in [2.75, 3.05) is 6.54 Å². The molecule has 1 aliphatic carbocycles. The summed E-state index contributed by atoms with van der Waals surface area (Å²) in [5.74, 6) is 0.718. The quantitative estimate of drug-likeness (QED) is 0.751. The Kier molecular flexibility index (Phi) is 3.74. The summed E-state index contributed by atoms with van der Waals surface area (Å²) in [5, 5.41) is 4.14. The highest BCUT2D eigenvalue weighted by Gasteiger charge is 2.28. The summed E-state index contributed by atoms with van der Waals surface area (Å²) in [6.07, 6.45) is 5.69. The molecule has 0 radical (unpaired) electrons. The van der Waals surface area contributed by atoms with E-state index in [9.17, 15) is 4.79 Å². The van der Waals surface area contributed by atoms with Crippen LogP contribution in [-0.4, -0.2) is 23.5 Å². The molecule has 0 aliphatic heterocycles. The van der Waals surface area contributed by atoms with Crippen molar-refractivity contribution in [2.24, 2.45) is 11.7 Å². The number of para-hydroxylation sites is 1. The van der Waals surface area contributed by atoms with Gasteiger partial charge in [0.2, 0.25) is 5.91 Å². The molecule has 1 unspecified atom stereocenters. The molecule has 1 fully saturated rings. The molecule has 1 aromatic carbocycles. The second-order valence-electron chi connectivity index (χ2n) is 5.66. The van der Waals surface area contributed by atoms with E-state index in [-0.39, 0.29) is 11.9 Å². The third kappa shape index (κ3) is 3.02. The van der Waals surface area contributed by atoms with E-state index in [2.05, 4.69) is 16.4 Å². The molecule has 4 heteroatoms. The lowest BCUT2D eigenvalue weighted by Crippen LogP contribution is -2.38. The largest absolute Gasteiger partial charge is 0.361 e. The van der Waals surface area contributed by atoms with Crippen LogP contribution in [0.25, 0.3) is 10.9 Å². The van der Waals surface area contributed by atoms with Gasteiger partial charge in [-0.05, 0) is 36.8 Å². The number of aromatic nitrogens is 1. The maximum absolute atomic E-state index is 11.8. The van der Waals surface area contributed by atoms with Gasteiger partial charge in [0.1, 0.15) is 0 Å². The van der Waals surface area contributed by atoms with Crippen LogP contribution in [0, 0.1) is 5.92 Å². The van der Waals surface area contributed by atoms with Gasteiger partial charge < -0.3 is 16.0 Å². The SMILES string of the molecule is NC(CNC(=O)CCc1c[nH]c2ccccc12)C1CC1. The van der Waals surface area contributed by atoms with E-state index in [4.69, 9.17) is 5.73 Å². The Labute approximate surface area is 118 Å². The number of aromatic amines is 1. The van der Waals surface area contributed by atoms with E-state index >= 15 is 0 Å². The summed E-state index contributed by atoms with van der Waals surface area (Å²) in [6, 6.07) is 8.30. The molecule has 1 heterocycles. The van der Waals surface area contributed by atoms with E-state index in [1.54, 1.807) is 0 Å². The molecule has 0 spiro atoms. The van der Waals surface area contributed by atoms with Crippen molar-refractivity contribution >= 4 is 16.8 Å². The number of amides is 1. The molecule has 1 saturated carbocycles. The summed E-state index contributed by atoms with van der Waals surface area (Å²) >= 11 is 0. The molecular formula is C16H21N3O. The summed E-state index contributed by atoms with van der Waals surface area (Å²) < 4.78 is 0. The van der Waals surface area contributed by atoms with Gasteiger partial charge in [-0.25, -0.2) is 0 Å². The molecule has 1 amide bonds. The van der Waals surface area contributed by atoms with Gasteiger partial charge in [-0.2, -0.15) is 0 Å². The van der Waals surface area contributed by atoms with Gasteiger partial charge in [-0.1, -0.05) is 18.2 Å². The highest BCUT2D eigenvalue weighted by Crippen LogP contribution is 2.31. The first-order valence-corrected chi connectivity index (χ1v) is 7.31. The Bertz CT molecular complexity index is 601. The lowest BCUT2D eigenvalue weighted by atomic mass is 10.1. The average Bonchev–Trinajstić information content (AvgIpc) is 3.24. The van der Waals surface area contributed by atoms with Crippen LogP contribution in [0.5, 0.6) is 0 Å². The Morgan fingerprint density at radius 3 is 3.00 bits per heavy atom. The Hall–Kier alpha value is -1.81. The zero-order valence-corrected chi connectivity index (χ0v) is 11.6. The van der Waals surface area contributed by atoms with Gasteiger partial charge in [0.15, 0.2) is 0 Å². The molecule has 0 bridgehead atoms. The smallest absolute Gasteiger partial charge is 0.220 e. The minimum absolute atomic E-state index is 0.0892. The lowest BCUT2D eigenvalue weighted by Gasteiger charge is -2.11. The van der Waals surface area contributed by atoms with E-state index in [1.165, 1.54) is 23.8 Å². The maximum Gasteiger partial charge on any atom is 0.220 e. The average molecular weight is 271 g/mol. The van der Waals surface area contributed by atoms with Gasteiger partial charge in [0, 0.05) is 36.1 Å². The Morgan fingerprint density at radius 1 is 1.40 bits per heavy atom. The van der Waals surface area contributed by atoms with Gasteiger partial charge in [-0.15, -0.1) is 0 Å². The van der Waals surface area contributed by atoms with Gasteiger partial charge in [-0.3, -0.25) is 4.79 Å². The molecule has 1 atom stereocenters. The molecule has 20 heavy (non-hydrogen) atoms. The van der Waals surface area contributed by atoms with Crippen LogP contribution in [0.4, 0.5) is 0 Å². The van der Waals surface area contributed by atoms with Crippen LogP contribution in [0.2, 0.25) is 0 Å². The third-order valence-corrected chi connectivity index (χ3v) is 4.06. The van der Waals surface area contributed by atoms with Crippen molar-refractivity contribution < 1.29 is 4.79 Å². The van der Waals surface area contributed by atoms with E-state index in [0.29, 0.717) is 18.9 Å². The number of carbonyl (C=O) groups excluding carboxylic acids is 1. The molecule has 1 aromatic heterocycles. The van der Waals surface area contributed by atoms with Crippen LogP contribution in [0.3, 0.4) is 0 Å². The minimum Gasteiger partial charge on any atom is -0.361 e. The highest BCUT2D eigenvalue weighted by molar-refractivity contribution is 5.84. The zero-order chi connectivity index (χ0) is 13.9. The van der Waals surface area contributed by atoms with Crippen LogP contribution in [0.1, 0.15) is 24.8 Å². The summed E-state index contributed by atoms with van der Waals surface area (Å²) in [6.45, 7) is 0.609. The van der Waals surface area contributed by atoms with Crippen molar-refractivity contribution in [3.63, 3.8) is 0 Å². The number of nitrogens with two attached hydrogens (primary N) is 1. The number of benzene rings is 1. The minimum atomic E-state index is 0.0892. The van der Waals surface area contributed by atoms with Crippen molar-refractivity contribution in [1.29, 1.82) is 0 Å². The number of aryl methyl sites for hydroxylation is 1. The molecule has 1 aliphatic rings. The number of H-pyrrole nitrogens is 1. The van der Waals surface area contributed by atoms with Crippen LogP contribution < -0.4 is 11.1 Å². The van der Waals surface area contributed by atoms with E-state index in [1.807, 2.05) is 24.4 Å². The van der Waals surface area contributed by atoms with Crippen molar-refractivity contribution in [2.45, 2.75) is 31.7 Å². The fourth-order valence-electron chi connectivity index (χ4n) is 2.60. The first-order chi connectivity index (χ1) is 9.74. The molecule has 0 saturated heterocycles. The number of carbonyl (C=O) groups is 1. The standard InChI is InChI=1S/C16H21N3O/c17-14(11-5-6-11)10-19-16(20)8-7-12-9-18-15-4-2-1-3-13(12)15/h1-4,9,11,14,18H,5-8,10,17H2,(H,19,20). The first-order valence-electron chi connectivity index (χ1n) is 7.31. The molecule has 106 valence electrons. The van der Waals surface area contributed by atoms with E-state index < -0.39 is 0 Å². The lowest BCUT2D eigenvalue weighted by molar-refractivity contribution is -0.121. The molecule has 3 rings (SSSR count). The molecule has 4 nitrogen and oxygen atoms in total. The van der Waals surface area contributed by atoms with Crippen LogP contribution >= 0.6 is 0 Å². The fraction of sp³-hybridized carbons (Fsp3) is 0.438. The number of hydrogen-bond acceptors (Lipinski definition) is 2. The van der Waals surface area contributed by atoms with Crippen molar-refractivity contribution in [1.82, 2.24) is 10.3 Å². The van der Waals surface area contributed by atoms with Crippen molar-refractivity contribution in [3.8, 4) is 0 Å². The fourth-order valence-corrected chi connectivity index (χ4v) is 2.60. The monoisotopic (exact) mass is 271 g/mol. The number of fused-ring (bicyclic) bond motifs is 1. The molecular weight excluding hydrogens is 250 g/mol.